The molecule has 0 saturated carbocycles. The van der Waals surface area contributed by atoms with E-state index in [-0.39, 0.29) is 26.0 Å². The molecule has 0 aromatic heterocycles. The van der Waals surface area contributed by atoms with E-state index in [2.05, 4.69) is 0 Å². The van der Waals surface area contributed by atoms with Gasteiger partial charge in [0.1, 0.15) is 12.2 Å². The van der Waals surface area contributed by atoms with E-state index in [4.69, 9.17) is 24.7 Å². The van der Waals surface area contributed by atoms with Gasteiger partial charge in [-0.25, -0.2) is 4.79 Å². The second kappa shape index (κ2) is 8.94. The van der Waals surface area contributed by atoms with E-state index in [1.807, 2.05) is 32.0 Å². The topological polar surface area (TPSA) is 100 Å². The number of amides is 1. The highest BCUT2D eigenvalue weighted by atomic mass is 16.7. The van der Waals surface area contributed by atoms with Gasteiger partial charge in [0.05, 0.1) is 6.54 Å². The van der Waals surface area contributed by atoms with Gasteiger partial charge in [0.25, 0.3) is 0 Å². The average Bonchev–Trinajstić information content (AvgIpc) is 3.08. The zero-order valence-electron chi connectivity index (χ0n) is 16.3. The fourth-order valence-corrected chi connectivity index (χ4v) is 2.84. The molecule has 150 valence electrons. The molecule has 0 spiro atoms. The van der Waals surface area contributed by atoms with Gasteiger partial charge in [0.15, 0.2) is 11.5 Å². The molecule has 0 aliphatic carbocycles. The Morgan fingerprint density at radius 2 is 2.00 bits per heavy atom. The van der Waals surface area contributed by atoms with Gasteiger partial charge in [0, 0.05) is 12.6 Å². The van der Waals surface area contributed by atoms with E-state index in [1.165, 1.54) is 0 Å². The van der Waals surface area contributed by atoms with E-state index in [9.17, 15) is 9.59 Å². The van der Waals surface area contributed by atoms with Gasteiger partial charge in [-0.15, -0.1) is 0 Å². The summed E-state index contributed by atoms with van der Waals surface area (Å²) in [5.74, 6) is 0.904. The van der Waals surface area contributed by atoms with Gasteiger partial charge in [-0.1, -0.05) is 6.07 Å². The summed E-state index contributed by atoms with van der Waals surface area (Å²) in [4.78, 5) is 25.5. The molecule has 0 saturated heterocycles. The Hall–Kier alpha value is -2.48. The van der Waals surface area contributed by atoms with Crippen LogP contribution in [0.4, 0.5) is 4.79 Å². The van der Waals surface area contributed by atoms with Gasteiger partial charge >= 0.3 is 12.1 Å². The van der Waals surface area contributed by atoms with Crippen LogP contribution in [0.25, 0.3) is 0 Å². The quantitative estimate of drug-likeness (QED) is 0.689. The first-order valence-corrected chi connectivity index (χ1v) is 8.99. The minimum Gasteiger partial charge on any atom is -0.455 e. The lowest BCUT2D eigenvalue weighted by Crippen LogP contribution is -2.43. The van der Waals surface area contributed by atoms with Crippen molar-refractivity contribution in [3.05, 3.63) is 23.8 Å². The molecule has 1 aromatic carbocycles. The highest BCUT2D eigenvalue weighted by Crippen LogP contribution is 2.33. The lowest BCUT2D eigenvalue weighted by Gasteiger charge is -2.30. The molecule has 8 nitrogen and oxygen atoms in total. The maximum Gasteiger partial charge on any atom is 0.410 e. The molecule has 1 aliphatic heterocycles. The fourth-order valence-electron chi connectivity index (χ4n) is 2.84. The second-order valence-corrected chi connectivity index (χ2v) is 7.02. The number of fused-ring (bicyclic) bond motifs is 1. The van der Waals surface area contributed by atoms with Crippen LogP contribution in [0.2, 0.25) is 0 Å². The summed E-state index contributed by atoms with van der Waals surface area (Å²) in [5, 5.41) is 0. The molecular weight excluding hydrogens is 352 g/mol. The molecule has 1 atom stereocenters. The van der Waals surface area contributed by atoms with Crippen LogP contribution >= 0.6 is 0 Å². The predicted molar refractivity (Wildman–Crippen MR) is 98.7 cm³/mol. The minimum absolute atomic E-state index is 0.0508. The fraction of sp³-hybridized carbons (Fsp3) is 0.579. The highest BCUT2D eigenvalue weighted by Gasteiger charge is 2.27. The molecule has 0 bridgehead atoms. The number of carbonyl (C=O) groups is 2. The first-order valence-electron chi connectivity index (χ1n) is 8.99. The van der Waals surface area contributed by atoms with E-state index < -0.39 is 17.7 Å². The molecule has 27 heavy (non-hydrogen) atoms. The Morgan fingerprint density at radius 1 is 1.30 bits per heavy atom. The third-order valence-electron chi connectivity index (χ3n) is 4.18. The molecule has 1 heterocycles. The first-order chi connectivity index (χ1) is 12.8. The number of hydrogen-bond acceptors (Lipinski definition) is 7. The van der Waals surface area contributed by atoms with Crippen molar-refractivity contribution in [2.45, 2.75) is 45.8 Å². The summed E-state index contributed by atoms with van der Waals surface area (Å²) in [6.07, 6.45) is 0.188. The van der Waals surface area contributed by atoms with Crippen LogP contribution in [0.15, 0.2) is 18.2 Å². The molecule has 2 rings (SSSR count). The molecule has 1 aliphatic rings. The smallest absolute Gasteiger partial charge is 0.410 e. The van der Waals surface area contributed by atoms with Gasteiger partial charge in [-0.2, -0.15) is 0 Å². The van der Waals surface area contributed by atoms with Crippen LogP contribution in [0.3, 0.4) is 0 Å². The van der Waals surface area contributed by atoms with Crippen LogP contribution < -0.4 is 15.2 Å². The van der Waals surface area contributed by atoms with Crippen LogP contribution in [0, 0.1) is 0 Å². The molecule has 1 aromatic rings. The summed E-state index contributed by atoms with van der Waals surface area (Å²) >= 11 is 0. The maximum absolute atomic E-state index is 12.5. The van der Waals surface area contributed by atoms with Crippen LogP contribution in [0.5, 0.6) is 11.5 Å². The summed E-state index contributed by atoms with van der Waals surface area (Å²) < 4.78 is 21.2. The predicted octanol–water partition coefficient (Wildman–Crippen LogP) is 2.09. The molecule has 0 radical (unpaired) electrons. The van der Waals surface area contributed by atoms with Crippen LogP contribution in [-0.4, -0.2) is 55.1 Å². The minimum atomic E-state index is -0.938. The number of nitrogens with two attached hydrogens (primary N) is 1. The molecule has 8 heteroatoms. The number of ether oxygens (including phenoxy) is 4. The van der Waals surface area contributed by atoms with Crippen molar-refractivity contribution < 1.29 is 28.5 Å². The number of likely N-dealkylation sites (N-methyl/N-ethyl adjacent to an activating group) is 1. The summed E-state index contributed by atoms with van der Waals surface area (Å²) in [6.45, 7) is 7.63. The lowest BCUT2D eigenvalue weighted by molar-refractivity contribution is -0.158. The average molecular weight is 380 g/mol. The Bertz CT molecular complexity index is 676. The van der Waals surface area contributed by atoms with Gasteiger partial charge in [-0.05, 0) is 51.8 Å². The van der Waals surface area contributed by atoms with Crippen molar-refractivity contribution in [3.63, 3.8) is 0 Å². The highest BCUT2D eigenvalue weighted by molar-refractivity contribution is 5.72. The first kappa shape index (κ1) is 20.8. The summed E-state index contributed by atoms with van der Waals surface area (Å²) in [5.41, 5.74) is 5.34. The number of benzene rings is 1. The molecule has 1 unspecified atom stereocenters. The van der Waals surface area contributed by atoms with E-state index in [1.54, 1.807) is 18.7 Å². The Balaban J connectivity index is 1.92. The Labute approximate surface area is 159 Å². The monoisotopic (exact) mass is 380 g/mol. The maximum atomic E-state index is 12.5. The van der Waals surface area contributed by atoms with Gasteiger partial charge < -0.3 is 29.6 Å². The molecular formula is C19H28N2O6. The SMILES string of the molecule is CCN(C(=O)OCC(C)(C)OC(=O)CN)C(C)Cc1ccc2c(c1)OCO2. The zero-order chi connectivity index (χ0) is 20.0. The van der Waals surface area contributed by atoms with Crippen molar-refractivity contribution in [2.24, 2.45) is 5.73 Å². The number of nitrogens with zero attached hydrogens (tertiary/aromatic N) is 1. The number of carbonyl (C=O) groups excluding carboxylic acids is 2. The largest absolute Gasteiger partial charge is 0.455 e. The number of rotatable bonds is 8. The van der Waals surface area contributed by atoms with Gasteiger partial charge in [0.2, 0.25) is 6.79 Å². The normalized spacial score (nSPS) is 13.8. The number of esters is 1. The molecule has 2 N–H and O–H groups in total. The summed E-state index contributed by atoms with van der Waals surface area (Å²) in [7, 11) is 0. The number of hydrogen-bond donors (Lipinski definition) is 1. The second-order valence-electron chi connectivity index (χ2n) is 7.02. The van der Waals surface area contributed by atoms with Crippen molar-refractivity contribution in [1.82, 2.24) is 4.90 Å². The van der Waals surface area contributed by atoms with Crippen molar-refractivity contribution in [3.8, 4) is 11.5 Å². The molecule has 0 fully saturated rings. The lowest BCUT2D eigenvalue weighted by atomic mass is 10.1. The van der Waals surface area contributed by atoms with Crippen LogP contribution in [-0.2, 0) is 20.7 Å². The van der Waals surface area contributed by atoms with Crippen molar-refractivity contribution >= 4 is 12.1 Å². The van der Waals surface area contributed by atoms with Crippen molar-refractivity contribution in [2.75, 3.05) is 26.5 Å². The third-order valence-corrected chi connectivity index (χ3v) is 4.18. The van der Waals surface area contributed by atoms with E-state index in [0.717, 1.165) is 11.3 Å². The summed E-state index contributed by atoms with van der Waals surface area (Å²) in [6, 6.07) is 5.66. The Morgan fingerprint density at radius 3 is 2.67 bits per heavy atom. The molecule has 1 amide bonds. The standard InChI is InChI=1S/C19H28N2O6/c1-5-21(18(23)24-11-19(3,4)27-17(22)10-20)13(2)8-14-6-7-15-16(9-14)26-12-25-15/h6-7,9,13H,5,8,10-12,20H2,1-4H3. The zero-order valence-corrected chi connectivity index (χ0v) is 16.3. The van der Waals surface area contributed by atoms with Gasteiger partial charge in [-0.3, -0.25) is 4.79 Å². The van der Waals surface area contributed by atoms with E-state index >= 15 is 0 Å². The third kappa shape index (κ3) is 5.75. The van der Waals surface area contributed by atoms with Crippen molar-refractivity contribution in [1.29, 1.82) is 0 Å². The van der Waals surface area contributed by atoms with E-state index in [0.29, 0.717) is 18.7 Å². The van der Waals surface area contributed by atoms with Crippen LogP contribution in [0.1, 0.15) is 33.3 Å². The Kier molecular flexibility index (Phi) is 6.90.